The van der Waals surface area contributed by atoms with Crippen LogP contribution in [0.25, 0.3) is 0 Å². The summed E-state index contributed by atoms with van der Waals surface area (Å²) in [5.41, 5.74) is 1.39. The van der Waals surface area contributed by atoms with Crippen molar-refractivity contribution in [2.75, 3.05) is 13.2 Å². The summed E-state index contributed by atoms with van der Waals surface area (Å²) < 4.78 is 5.75. The van der Waals surface area contributed by atoms with E-state index >= 15 is 0 Å². The van der Waals surface area contributed by atoms with Gasteiger partial charge in [-0.1, -0.05) is 31.5 Å². The van der Waals surface area contributed by atoms with Gasteiger partial charge in [0.25, 0.3) is 0 Å². The van der Waals surface area contributed by atoms with Gasteiger partial charge < -0.3 is 10.1 Å². The quantitative estimate of drug-likeness (QED) is 0.786. The van der Waals surface area contributed by atoms with Gasteiger partial charge in [0.15, 0.2) is 0 Å². The molecule has 0 spiro atoms. The van der Waals surface area contributed by atoms with E-state index in [1.807, 2.05) is 12.1 Å². The van der Waals surface area contributed by atoms with Gasteiger partial charge >= 0.3 is 0 Å². The van der Waals surface area contributed by atoms with Crippen LogP contribution in [0.3, 0.4) is 0 Å². The first-order valence-corrected chi connectivity index (χ1v) is 7.23. The van der Waals surface area contributed by atoms with E-state index in [0.29, 0.717) is 13.0 Å². The summed E-state index contributed by atoms with van der Waals surface area (Å²) >= 11 is 0. The molecule has 1 N–H and O–H groups in total. The van der Waals surface area contributed by atoms with Crippen molar-refractivity contribution >= 4 is 0 Å². The molecule has 1 aromatic rings. The van der Waals surface area contributed by atoms with Crippen LogP contribution in [0.1, 0.15) is 39.2 Å². The van der Waals surface area contributed by atoms with Crippen molar-refractivity contribution in [3.05, 3.63) is 29.8 Å². The largest absolute Gasteiger partial charge is 0.492 e. The predicted molar refractivity (Wildman–Crippen MR) is 82.8 cm³/mol. The van der Waals surface area contributed by atoms with E-state index in [2.05, 4.69) is 51.2 Å². The van der Waals surface area contributed by atoms with E-state index < -0.39 is 0 Å². The van der Waals surface area contributed by atoms with Crippen LogP contribution in [0.15, 0.2) is 24.3 Å². The Morgan fingerprint density at radius 2 is 1.95 bits per heavy atom. The Morgan fingerprint density at radius 1 is 1.30 bits per heavy atom. The fourth-order valence-corrected chi connectivity index (χ4v) is 1.85. The highest BCUT2D eigenvalue weighted by Crippen LogP contribution is 2.20. The van der Waals surface area contributed by atoms with Crippen LogP contribution >= 0.6 is 0 Å². The van der Waals surface area contributed by atoms with E-state index in [-0.39, 0.29) is 11.5 Å². The Kier molecular flexibility index (Phi) is 6.54. The Bertz CT molecular complexity index is 431. The molecule has 20 heavy (non-hydrogen) atoms. The summed E-state index contributed by atoms with van der Waals surface area (Å²) in [6, 6.07) is 10.6. The summed E-state index contributed by atoms with van der Waals surface area (Å²) in [5.74, 6) is 0.910. The number of benzene rings is 1. The molecule has 0 saturated carbocycles. The summed E-state index contributed by atoms with van der Waals surface area (Å²) in [5, 5.41) is 12.1. The third-order valence-electron chi connectivity index (χ3n) is 3.36. The lowest BCUT2D eigenvalue weighted by Crippen LogP contribution is -2.38. The maximum Gasteiger partial charge on any atom is 0.119 e. The molecule has 0 fully saturated rings. The van der Waals surface area contributed by atoms with Gasteiger partial charge in [0.1, 0.15) is 12.4 Å². The van der Waals surface area contributed by atoms with Gasteiger partial charge in [-0.05, 0) is 37.8 Å². The zero-order valence-corrected chi connectivity index (χ0v) is 13.1. The van der Waals surface area contributed by atoms with Crippen molar-refractivity contribution in [3.8, 4) is 11.8 Å². The molecule has 0 aliphatic heterocycles. The molecule has 0 aromatic heterocycles. The lowest BCUT2D eigenvalue weighted by Gasteiger charge is -2.26. The Labute approximate surface area is 123 Å². The van der Waals surface area contributed by atoms with Gasteiger partial charge in [0.2, 0.25) is 0 Å². The first-order valence-electron chi connectivity index (χ1n) is 7.23. The average Bonchev–Trinajstić information content (AvgIpc) is 2.42. The zero-order chi connectivity index (χ0) is 15.0. The number of aryl methyl sites for hydroxylation is 1. The summed E-state index contributed by atoms with van der Waals surface area (Å²) in [7, 11) is 0. The van der Waals surface area contributed by atoms with Crippen LogP contribution in [0.2, 0.25) is 0 Å². The van der Waals surface area contributed by atoms with Crippen LogP contribution < -0.4 is 10.1 Å². The second kappa shape index (κ2) is 7.91. The summed E-state index contributed by atoms with van der Waals surface area (Å²) in [6.07, 6.45) is 1.53. The summed E-state index contributed by atoms with van der Waals surface area (Å²) in [4.78, 5) is 0. The number of ether oxygens (including phenoxy) is 1. The lowest BCUT2D eigenvalue weighted by molar-refractivity contribution is 0.243. The fourth-order valence-electron chi connectivity index (χ4n) is 1.85. The molecule has 0 heterocycles. The topological polar surface area (TPSA) is 45.0 Å². The molecule has 3 nitrogen and oxygen atoms in total. The fraction of sp³-hybridized carbons (Fsp3) is 0.588. The van der Waals surface area contributed by atoms with E-state index in [1.165, 1.54) is 5.56 Å². The van der Waals surface area contributed by atoms with Gasteiger partial charge in [0.05, 0.1) is 6.07 Å². The molecule has 110 valence electrons. The molecular formula is C17H26N2O. The molecule has 0 bridgehead atoms. The molecule has 1 atom stereocenters. The van der Waals surface area contributed by atoms with Gasteiger partial charge in [-0.2, -0.15) is 5.26 Å². The molecule has 0 aliphatic rings. The van der Waals surface area contributed by atoms with E-state index in [4.69, 9.17) is 10.00 Å². The minimum Gasteiger partial charge on any atom is -0.492 e. The first kappa shape index (κ1) is 16.5. The van der Waals surface area contributed by atoms with Crippen molar-refractivity contribution < 1.29 is 4.74 Å². The molecule has 1 aromatic carbocycles. The highest BCUT2D eigenvalue weighted by Gasteiger charge is 2.18. The van der Waals surface area contributed by atoms with Gasteiger partial charge in [-0.25, -0.2) is 0 Å². The van der Waals surface area contributed by atoms with Crippen molar-refractivity contribution in [2.24, 2.45) is 5.41 Å². The Morgan fingerprint density at radius 3 is 2.55 bits per heavy atom. The van der Waals surface area contributed by atoms with Gasteiger partial charge in [-0.3, -0.25) is 0 Å². The summed E-state index contributed by atoms with van der Waals surface area (Å²) in [6.45, 7) is 10.1. The average molecular weight is 274 g/mol. The van der Waals surface area contributed by atoms with Crippen LogP contribution in [-0.4, -0.2) is 19.2 Å². The number of nitrogens with zero attached hydrogens (tertiary/aromatic N) is 1. The van der Waals surface area contributed by atoms with E-state index in [1.54, 1.807) is 0 Å². The Hall–Kier alpha value is -1.53. The third kappa shape index (κ3) is 6.58. The van der Waals surface area contributed by atoms with Crippen molar-refractivity contribution in [1.29, 1.82) is 5.26 Å². The highest BCUT2D eigenvalue weighted by atomic mass is 16.5. The zero-order valence-electron chi connectivity index (χ0n) is 13.1. The molecule has 1 rings (SSSR count). The SMILES string of the molecule is Cc1ccc(OCC(C)NCC(C)(C)CCC#N)cc1. The van der Waals surface area contributed by atoms with Crippen LogP contribution in [0.4, 0.5) is 0 Å². The number of rotatable bonds is 8. The maximum absolute atomic E-state index is 8.65. The second-order valence-corrected chi connectivity index (χ2v) is 6.23. The monoisotopic (exact) mass is 274 g/mol. The first-order chi connectivity index (χ1) is 9.43. The van der Waals surface area contributed by atoms with E-state index in [9.17, 15) is 0 Å². The molecular weight excluding hydrogens is 248 g/mol. The molecule has 0 radical (unpaired) electrons. The van der Waals surface area contributed by atoms with Crippen molar-refractivity contribution in [2.45, 2.75) is 46.6 Å². The minimum absolute atomic E-state index is 0.147. The minimum atomic E-state index is 0.147. The van der Waals surface area contributed by atoms with Crippen LogP contribution in [0, 0.1) is 23.7 Å². The number of nitrogens with one attached hydrogen (secondary N) is 1. The molecule has 0 saturated heterocycles. The number of nitriles is 1. The standard InChI is InChI=1S/C17H26N2O/c1-14-6-8-16(9-7-14)20-12-15(2)19-13-17(3,4)10-5-11-18/h6-9,15,19H,5,10,12-13H2,1-4H3. The molecule has 3 heteroatoms. The highest BCUT2D eigenvalue weighted by molar-refractivity contribution is 5.26. The predicted octanol–water partition coefficient (Wildman–Crippen LogP) is 3.68. The van der Waals surface area contributed by atoms with E-state index in [0.717, 1.165) is 18.7 Å². The van der Waals surface area contributed by atoms with Crippen molar-refractivity contribution in [1.82, 2.24) is 5.32 Å². The second-order valence-electron chi connectivity index (χ2n) is 6.23. The normalized spacial score (nSPS) is 12.8. The van der Waals surface area contributed by atoms with Gasteiger partial charge in [0, 0.05) is 19.0 Å². The lowest BCUT2D eigenvalue weighted by atomic mass is 9.88. The van der Waals surface area contributed by atoms with Gasteiger partial charge in [-0.15, -0.1) is 0 Å². The third-order valence-corrected chi connectivity index (χ3v) is 3.36. The van der Waals surface area contributed by atoms with Crippen LogP contribution in [0.5, 0.6) is 5.75 Å². The number of hydrogen-bond donors (Lipinski definition) is 1. The van der Waals surface area contributed by atoms with Crippen molar-refractivity contribution in [3.63, 3.8) is 0 Å². The molecule has 0 aliphatic carbocycles. The Balaban J connectivity index is 2.28. The smallest absolute Gasteiger partial charge is 0.119 e. The maximum atomic E-state index is 8.65. The molecule has 0 amide bonds. The number of hydrogen-bond acceptors (Lipinski definition) is 3. The van der Waals surface area contributed by atoms with Crippen LogP contribution in [-0.2, 0) is 0 Å². The molecule has 1 unspecified atom stereocenters.